The third kappa shape index (κ3) is 4.65. The minimum Gasteiger partial charge on any atom is -0.465 e. The van der Waals surface area contributed by atoms with Crippen molar-refractivity contribution in [1.29, 1.82) is 0 Å². The monoisotopic (exact) mass is 394 g/mol. The molecule has 6 heteroatoms. The summed E-state index contributed by atoms with van der Waals surface area (Å²) in [5.41, 5.74) is 3.08. The summed E-state index contributed by atoms with van der Waals surface area (Å²) in [5, 5.41) is 0. The number of aromatic nitrogens is 1. The van der Waals surface area contributed by atoms with Gasteiger partial charge < -0.3 is 14.1 Å². The third-order valence-electron chi connectivity index (χ3n) is 4.86. The van der Waals surface area contributed by atoms with Crippen molar-refractivity contribution in [2.45, 2.75) is 27.2 Å². The fraction of sp³-hybridized carbons (Fsp3) is 0.348. The first kappa shape index (κ1) is 20.6. The first-order valence-corrected chi connectivity index (χ1v) is 9.97. The van der Waals surface area contributed by atoms with Gasteiger partial charge in [0.1, 0.15) is 11.4 Å². The molecule has 0 spiro atoms. The van der Waals surface area contributed by atoms with E-state index in [9.17, 15) is 9.59 Å². The molecule has 0 radical (unpaired) electrons. The highest BCUT2D eigenvalue weighted by Gasteiger charge is 2.31. The van der Waals surface area contributed by atoms with Crippen molar-refractivity contribution in [3.63, 3.8) is 0 Å². The van der Waals surface area contributed by atoms with Crippen LogP contribution in [0.1, 0.15) is 26.3 Å². The molecule has 1 unspecified atom stereocenters. The van der Waals surface area contributed by atoms with E-state index in [2.05, 4.69) is 4.98 Å². The Bertz CT molecular complexity index is 977. The van der Waals surface area contributed by atoms with Crippen molar-refractivity contribution >= 4 is 23.0 Å². The maximum atomic E-state index is 12.9. The van der Waals surface area contributed by atoms with Crippen LogP contribution in [0.4, 0.5) is 0 Å². The molecule has 2 aromatic carbocycles. The molecule has 1 atom stereocenters. The molecule has 1 heterocycles. The number of oxazole rings is 1. The number of fused-ring (bicyclic) bond motifs is 1. The summed E-state index contributed by atoms with van der Waals surface area (Å²) in [6, 6.07) is 15.2. The van der Waals surface area contributed by atoms with Gasteiger partial charge >= 0.3 is 5.97 Å². The fourth-order valence-corrected chi connectivity index (χ4v) is 3.31. The summed E-state index contributed by atoms with van der Waals surface area (Å²) < 4.78 is 11.1. The maximum absolute atomic E-state index is 12.9. The van der Waals surface area contributed by atoms with Crippen LogP contribution in [0.3, 0.4) is 0 Å². The second kappa shape index (κ2) is 9.37. The van der Waals surface area contributed by atoms with E-state index < -0.39 is 11.9 Å². The number of esters is 1. The first-order chi connectivity index (χ1) is 14.1. The molecule has 0 N–H and O–H groups in total. The molecule has 1 aromatic heterocycles. The molecule has 3 aromatic rings. The minimum absolute atomic E-state index is 0.212. The average Bonchev–Trinajstić information content (AvgIpc) is 3.17. The number of rotatable bonds is 8. The highest BCUT2D eigenvalue weighted by molar-refractivity contribution is 5.98. The number of carbonyl (C=O) groups is 2. The molecule has 152 valence electrons. The normalized spacial score (nSPS) is 12.0. The van der Waals surface area contributed by atoms with Crippen LogP contribution < -0.4 is 0 Å². The molecular weight excluding hydrogens is 368 g/mol. The Hall–Kier alpha value is -3.15. The van der Waals surface area contributed by atoms with Gasteiger partial charge in [0.15, 0.2) is 5.58 Å². The van der Waals surface area contributed by atoms with Crippen LogP contribution >= 0.6 is 0 Å². The van der Waals surface area contributed by atoms with Gasteiger partial charge in [0.05, 0.1) is 6.61 Å². The van der Waals surface area contributed by atoms with Gasteiger partial charge in [-0.15, -0.1) is 0 Å². The zero-order valence-corrected chi connectivity index (χ0v) is 17.1. The number of hydrogen-bond donors (Lipinski definition) is 0. The summed E-state index contributed by atoms with van der Waals surface area (Å²) in [6.07, 6.45) is 0.255. The Balaban J connectivity index is 1.88. The van der Waals surface area contributed by atoms with Crippen LogP contribution in [0.2, 0.25) is 0 Å². The number of carbonyl (C=O) groups excluding carboxylic acids is 2. The molecule has 0 bridgehead atoms. The molecule has 0 aliphatic heterocycles. The van der Waals surface area contributed by atoms with Crippen molar-refractivity contribution < 1.29 is 18.7 Å². The maximum Gasteiger partial charge on any atom is 0.318 e. The Morgan fingerprint density at radius 3 is 2.45 bits per heavy atom. The highest BCUT2D eigenvalue weighted by atomic mass is 16.5. The molecule has 0 aliphatic carbocycles. The van der Waals surface area contributed by atoms with Crippen molar-refractivity contribution in [1.82, 2.24) is 9.88 Å². The molecule has 0 saturated carbocycles. The smallest absolute Gasteiger partial charge is 0.318 e. The van der Waals surface area contributed by atoms with Crippen LogP contribution in [-0.2, 0) is 20.7 Å². The van der Waals surface area contributed by atoms with E-state index in [0.29, 0.717) is 24.6 Å². The van der Waals surface area contributed by atoms with Crippen LogP contribution in [-0.4, -0.2) is 41.5 Å². The van der Waals surface area contributed by atoms with Crippen LogP contribution in [0.25, 0.3) is 22.6 Å². The number of benzene rings is 2. The lowest BCUT2D eigenvalue weighted by Crippen LogP contribution is -2.41. The molecule has 6 nitrogen and oxygen atoms in total. The van der Waals surface area contributed by atoms with E-state index >= 15 is 0 Å². The highest BCUT2D eigenvalue weighted by Crippen LogP contribution is 2.26. The average molecular weight is 394 g/mol. The van der Waals surface area contributed by atoms with Crippen LogP contribution in [0.15, 0.2) is 52.9 Å². The third-order valence-corrected chi connectivity index (χ3v) is 4.86. The quantitative estimate of drug-likeness (QED) is 0.425. The van der Waals surface area contributed by atoms with E-state index in [1.54, 1.807) is 11.8 Å². The lowest BCUT2D eigenvalue weighted by molar-refractivity contribution is -0.155. The zero-order valence-electron chi connectivity index (χ0n) is 17.1. The number of ether oxygens (including phenoxy) is 1. The van der Waals surface area contributed by atoms with Gasteiger partial charge in [-0.2, -0.15) is 0 Å². The predicted octanol–water partition coefficient (Wildman–Crippen LogP) is 4.09. The molecule has 29 heavy (non-hydrogen) atoms. The minimum atomic E-state index is -0.871. The van der Waals surface area contributed by atoms with E-state index in [-0.39, 0.29) is 18.9 Å². The van der Waals surface area contributed by atoms with Gasteiger partial charge in [0, 0.05) is 18.7 Å². The van der Waals surface area contributed by atoms with Crippen molar-refractivity contribution in [3.8, 4) is 11.5 Å². The van der Waals surface area contributed by atoms with Crippen LogP contribution in [0.5, 0.6) is 0 Å². The van der Waals surface area contributed by atoms with Gasteiger partial charge in [0.25, 0.3) is 0 Å². The Morgan fingerprint density at radius 1 is 1.07 bits per heavy atom. The lowest BCUT2D eigenvalue weighted by Gasteiger charge is -2.24. The second-order valence-electron chi connectivity index (χ2n) is 6.71. The molecule has 0 aliphatic rings. The van der Waals surface area contributed by atoms with E-state index in [1.165, 1.54) is 0 Å². The Labute approximate surface area is 170 Å². The topological polar surface area (TPSA) is 72.6 Å². The molecule has 0 fully saturated rings. The van der Waals surface area contributed by atoms with E-state index in [4.69, 9.17) is 9.15 Å². The predicted molar refractivity (Wildman–Crippen MR) is 111 cm³/mol. The van der Waals surface area contributed by atoms with Crippen molar-refractivity contribution in [2.75, 3.05) is 19.7 Å². The fourth-order valence-electron chi connectivity index (χ4n) is 3.31. The molecule has 0 saturated heterocycles. The SMILES string of the molecule is CCOC(=O)C(Cc1ccc2nc(-c3ccccc3)oc2c1)C(=O)N(CC)CC. The van der Waals surface area contributed by atoms with Gasteiger partial charge in [-0.3, -0.25) is 9.59 Å². The van der Waals surface area contributed by atoms with Gasteiger partial charge in [0.2, 0.25) is 11.8 Å². The van der Waals surface area contributed by atoms with Crippen molar-refractivity contribution in [3.05, 3.63) is 54.1 Å². The van der Waals surface area contributed by atoms with Crippen LogP contribution in [0, 0.1) is 5.92 Å². The summed E-state index contributed by atoms with van der Waals surface area (Å²) >= 11 is 0. The Morgan fingerprint density at radius 2 is 1.79 bits per heavy atom. The molecule has 1 amide bonds. The standard InChI is InChI=1S/C23H26N2O4/c1-4-25(5-2)22(26)18(23(27)28-6-3)14-16-12-13-19-20(15-16)29-21(24-19)17-10-8-7-9-11-17/h7-13,15,18H,4-6,14H2,1-3H3. The zero-order chi connectivity index (χ0) is 20.8. The summed E-state index contributed by atoms with van der Waals surface area (Å²) in [7, 11) is 0. The van der Waals surface area contributed by atoms with Crippen molar-refractivity contribution in [2.24, 2.45) is 5.92 Å². The summed E-state index contributed by atoms with van der Waals surface area (Å²) in [5.74, 6) is -1.04. The number of amides is 1. The number of nitrogens with zero attached hydrogens (tertiary/aromatic N) is 2. The second-order valence-corrected chi connectivity index (χ2v) is 6.71. The molecular formula is C23H26N2O4. The van der Waals surface area contributed by atoms with Gasteiger partial charge in [-0.25, -0.2) is 4.98 Å². The Kier molecular flexibility index (Phi) is 6.65. The summed E-state index contributed by atoms with van der Waals surface area (Å²) in [4.78, 5) is 31.5. The lowest BCUT2D eigenvalue weighted by atomic mass is 9.97. The number of hydrogen-bond acceptors (Lipinski definition) is 5. The van der Waals surface area contributed by atoms with E-state index in [0.717, 1.165) is 16.6 Å². The van der Waals surface area contributed by atoms with E-state index in [1.807, 2.05) is 62.4 Å². The van der Waals surface area contributed by atoms with Gasteiger partial charge in [-0.1, -0.05) is 24.3 Å². The van der Waals surface area contributed by atoms with Gasteiger partial charge in [-0.05, 0) is 57.0 Å². The first-order valence-electron chi connectivity index (χ1n) is 9.97. The largest absolute Gasteiger partial charge is 0.465 e. The summed E-state index contributed by atoms with van der Waals surface area (Å²) in [6.45, 7) is 6.87. The molecule has 3 rings (SSSR count).